The van der Waals surface area contributed by atoms with Crippen LogP contribution in [-0.4, -0.2) is 16.1 Å². The summed E-state index contributed by atoms with van der Waals surface area (Å²) < 4.78 is 0.844. The Morgan fingerprint density at radius 2 is 1.87 bits per heavy atom. The molecule has 0 atom stereocenters. The van der Waals surface area contributed by atoms with Crippen LogP contribution in [0.5, 0.6) is 0 Å². The highest BCUT2D eigenvalue weighted by molar-refractivity contribution is 9.10. The van der Waals surface area contributed by atoms with Gasteiger partial charge in [-0.2, -0.15) is 5.10 Å². The van der Waals surface area contributed by atoms with Gasteiger partial charge in [-0.1, -0.05) is 34.1 Å². The van der Waals surface area contributed by atoms with Gasteiger partial charge in [0.1, 0.15) is 0 Å². The number of carbonyl (C=O) groups excluding carboxylic acids is 1. The molecule has 0 fully saturated rings. The summed E-state index contributed by atoms with van der Waals surface area (Å²) >= 11 is 3.35. The van der Waals surface area contributed by atoms with Crippen molar-refractivity contribution < 1.29 is 4.79 Å². The molecule has 0 spiro atoms. The fraction of sp³-hybridized carbons (Fsp3) is 0. The van der Waals surface area contributed by atoms with Crippen LogP contribution in [0.25, 0.3) is 11.3 Å². The third-order valence-electron chi connectivity index (χ3n) is 3.18. The van der Waals surface area contributed by atoms with Crippen LogP contribution in [0, 0.1) is 0 Å². The minimum absolute atomic E-state index is 0.196. The van der Waals surface area contributed by atoms with Crippen LogP contribution in [0.3, 0.4) is 0 Å². The largest absolute Gasteiger partial charge is 0.322 e. The molecule has 3 rings (SSSR count). The number of anilines is 1. The van der Waals surface area contributed by atoms with Crippen molar-refractivity contribution in [1.29, 1.82) is 0 Å². The number of H-pyrrole nitrogens is 1. The average molecular weight is 370 g/mol. The molecule has 0 aliphatic carbocycles. The van der Waals surface area contributed by atoms with E-state index in [1.54, 1.807) is 36.4 Å². The van der Waals surface area contributed by atoms with E-state index in [-0.39, 0.29) is 11.5 Å². The van der Waals surface area contributed by atoms with Gasteiger partial charge in [-0.05, 0) is 36.4 Å². The van der Waals surface area contributed by atoms with Crippen LogP contribution in [0.1, 0.15) is 10.4 Å². The lowest BCUT2D eigenvalue weighted by Gasteiger charge is -2.07. The molecule has 2 N–H and O–H groups in total. The minimum atomic E-state index is -0.257. The van der Waals surface area contributed by atoms with E-state index in [2.05, 4.69) is 31.4 Å². The monoisotopic (exact) mass is 369 g/mol. The molecule has 0 bridgehead atoms. The van der Waals surface area contributed by atoms with Gasteiger partial charge < -0.3 is 5.32 Å². The lowest BCUT2D eigenvalue weighted by Crippen LogP contribution is -2.11. The first-order valence-electron chi connectivity index (χ1n) is 6.85. The second kappa shape index (κ2) is 6.58. The summed E-state index contributed by atoms with van der Waals surface area (Å²) in [6.45, 7) is 0. The third kappa shape index (κ3) is 3.73. The molecule has 0 saturated heterocycles. The molecule has 0 aliphatic rings. The van der Waals surface area contributed by atoms with Crippen LogP contribution >= 0.6 is 15.9 Å². The van der Waals surface area contributed by atoms with E-state index in [9.17, 15) is 9.59 Å². The third-order valence-corrected chi connectivity index (χ3v) is 3.68. The number of aromatic amines is 1. The van der Waals surface area contributed by atoms with Gasteiger partial charge >= 0.3 is 0 Å². The molecule has 0 radical (unpaired) electrons. The fourth-order valence-corrected chi connectivity index (χ4v) is 2.49. The molecular formula is C17H12BrN3O2. The summed E-state index contributed by atoms with van der Waals surface area (Å²) in [5.41, 5.74) is 2.39. The highest BCUT2D eigenvalue weighted by atomic mass is 79.9. The Morgan fingerprint density at radius 1 is 1.04 bits per heavy atom. The maximum atomic E-state index is 12.3. The van der Waals surface area contributed by atoms with Gasteiger partial charge in [0.05, 0.1) is 5.69 Å². The summed E-state index contributed by atoms with van der Waals surface area (Å²) in [7, 11) is 0. The quantitative estimate of drug-likeness (QED) is 0.742. The Morgan fingerprint density at radius 3 is 2.61 bits per heavy atom. The number of rotatable bonds is 3. The van der Waals surface area contributed by atoms with Crippen LogP contribution in [0.15, 0.2) is 69.9 Å². The fourth-order valence-electron chi connectivity index (χ4n) is 2.09. The van der Waals surface area contributed by atoms with Crippen molar-refractivity contribution in [3.63, 3.8) is 0 Å². The highest BCUT2D eigenvalue weighted by Crippen LogP contribution is 2.20. The van der Waals surface area contributed by atoms with E-state index in [1.165, 1.54) is 6.07 Å². The van der Waals surface area contributed by atoms with Gasteiger partial charge in [-0.3, -0.25) is 9.59 Å². The number of nitrogens with one attached hydrogen (secondary N) is 2. The molecule has 3 aromatic rings. The zero-order chi connectivity index (χ0) is 16.2. The Balaban J connectivity index is 1.84. The van der Waals surface area contributed by atoms with Crippen molar-refractivity contribution in [3.8, 4) is 11.3 Å². The molecule has 0 aliphatic heterocycles. The van der Waals surface area contributed by atoms with E-state index in [4.69, 9.17) is 0 Å². The SMILES string of the molecule is O=C(Nc1cccc(-c2ccc(=O)[nH]n2)c1)c1cccc(Br)c1. The first-order chi connectivity index (χ1) is 11.1. The Hall–Kier alpha value is -2.73. The number of aromatic nitrogens is 2. The Bertz CT molecular complexity index is 901. The molecule has 1 aromatic heterocycles. The van der Waals surface area contributed by atoms with Gasteiger partial charge in [0, 0.05) is 27.4 Å². The summed E-state index contributed by atoms with van der Waals surface area (Å²) in [6.07, 6.45) is 0. The molecular weight excluding hydrogens is 358 g/mol. The van der Waals surface area contributed by atoms with E-state index < -0.39 is 0 Å². The van der Waals surface area contributed by atoms with Crippen molar-refractivity contribution in [2.45, 2.75) is 0 Å². The number of amides is 1. The lowest BCUT2D eigenvalue weighted by atomic mass is 10.1. The molecule has 2 aromatic carbocycles. The molecule has 114 valence electrons. The van der Waals surface area contributed by atoms with E-state index in [0.717, 1.165) is 10.0 Å². The number of hydrogen-bond acceptors (Lipinski definition) is 3. The second-order valence-electron chi connectivity index (χ2n) is 4.85. The lowest BCUT2D eigenvalue weighted by molar-refractivity contribution is 0.102. The maximum Gasteiger partial charge on any atom is 0.264 e. The first kappa shape index (κ1) is 15.2. The van der Waals surface area contributed by atoms with Crippen LogP contribution in [-0.2, 0) is 0 Å². The number of nitrogens with zero attached hydrogens (tertiary/aromatic N) is 1. The van der Waals surface area contributed by atoms with Crippen molar-refractivity contribution >= 4 is 27.5 Å². The van der Waals surface area contributed by atoms with Crippen molar-refractivity contribution in [3.05, 3.63) is 81.1 Å². The number of benzene rings is 2. The van der Waals surface area contributed by atoms with Crippen LogP contribution in [0.4, 0.5) is 5.69 Å². The van der Waals surface area contributed by atoms with E-state index >= 15 is 0 Å². The maximum absolute atomic E-state index is 12.3. The topological polar surface area (TPSA) is 74.8 Å². The molecule has 1 heterocycles. The Labute approximate surface area is 140 Å². The summed E-state index contributed by atoms with van der Waals surface area (Å²) in [5, 5.41) is 9.22. The van der Waals surface area contributed by atoms with Crippen molar-refractivity contribution in [2.75, 3.05) is 5.32 Å². The van der Waals surface area contributed by atoms with Crippen molar-refractivity contribution in [2.24, 2.45) is 0 Å². The summed E-state index contributed by atoms with van der Waals surface area (Å²) in [6, 6.07) is 17.5. The zero-order valence-electron chi connectivity index (χ0n) is 11.9. The van der Waals surface area contributed by atoms with Gasteiger partial charge in [0.2, 0.25) is 0 Å². The second-order valence-corrected chi connectivity index (χ2v) is 5.77. The smallest absolute Gasteiger partial charge is 0.264 e. The van der Waals surface area contributed by atoms with Crippen LogP contribution < -0.4 is 10.9 Å². The molecule has 5 nitrogen and oxygen atoms in total. The van der Waals surface area contributed by atoms with Crippen LogP contribution in [0.2, 0.25) is 0 Å². The molecule has 1 amide bonds. The van der Waals surface area contributed by atoms with E-state index in [0.29, 0.717) is 16.9 Å². The first-order valence-corrected chi connectivity index (χ1v) is 7.64. The number of carbonyl (C=O) groups is 1. The molecule has 6 heteroatoms. The predicted octanol–water partition coefficient (Wildman–Crippen LogP) is 3.45. The average Bonchev–Trinajstić information content (AvgIpc) is 2.56. The zero-order valence-corrected chi connectivity index (χ0v) is 13.5. The normalized spacial score (nSPS) is 10.3. The van der Waals surface area contributed by atoms with Gasteiger partial charge in [-0.15, -0.1) is 0 Å². The molecule has 23 heavy (non-hydrogen) atoms. The van der Waals surface area contributed by atoms with Gasteiger partial charge in [0.15, 0.2) is 0 Å². The summed E-state index contributed by atoms with van der Waals surface area (Å²) in [5.74, 6) is -0.196. The van der Waals surface area contributed by atoms with Gasteiger partial charge in [-0.25, -0.2) is 5.10 Å². The van der Waals surface area contributed by atoms with Crippen molar-refractivity contribution in [1.82, 2.24) is 10.2 Å². The van der Waals surface area contributed by atoms with Gasteiger partial charge in [0.25, 0.3) is 11.5 Å². The highest BCUT2D eigenvalue weighted by Gasteiger charge is 2.07. The molecule has 0 unspecified atom stereocenters. The van der Waals surface area contributed by atoms with E-state index in [1.807, 2.05) is 18.2 Å². The summed E-state index contributed by atoms with van der Waals surface area (Å²) in [4.78, 5) is 23.3. The Kier molecular flexibility index (Phi) is 4.34. The number of halogens is 1. The standard InChI is InChI=1S/C17H12BrN3O2/c18-13-5-1-4-12(9-13)17(23)19-14-6-2-3-11(10-14)15-7-8-16(22)21-20-15/h1-10H,(H,19,23)(H,21,22). The predicted molar refractivity (Wildman–Crippen MR) is 92.4 cm³/mol. The number of hydrogen-bond donors (Lipinski definition) is 2. The molecule has 0 saturated carbocycles. The minimum Gasteiger partial charge on any atom is -0.322 e.